The molecule has 1 aliphatic carbocycles. The Morgan fingerprint density at radius 3 is 2.62 bits per heavy atom. The molecule has 2 aliphatic rings. The maximum absolute atomic E-state index is 13.9. The maximum Gasteiger partial charge on any atom is 0.267 e. The van der Waals surface area contributed by atoms with Crippen molar-refractivity contribution in [3.63, 3.8) is 0 Å². The number of aromatic nitrogens is 2. The highest BCUT2D eigenvalue weighted by atomic mass is 32.2. The van der Waals surface area contributed by atoms with Gasteiger partial charge in [0.25, 0.3) is 5.56 Å². The molecule has 1 saturated heterocycles. The molecule has 0 atom stereocenters. The van der Waals surface area contributed by atoms with E-state index in [1.165, 1.54) is 41.5 Å². The average molecular weight is 468 g/mol. The lowest BCUT2D eigenvalue weighted by molar-refractivity contribution is -0.129. The van der Waals surface area contributed by atoms with Gasteiger partial charge in [0.2, 0.25) is 5.91 Å². The van der Waals surface area contributed by atoms with E-state index in [9.17, 15) is 9.59 Å². The van der Waals surface area contributed by atoms with Crippen molar-refractivity contribution in [2.75, 3.05) is 18.8 Å². The first kappa shape index (κ1) is 21.7. The number of carbonyl (C=O) groups is 1. The Morgan fingerprint density at radius 2 is 1.81 bits per heavy atom. The standard InChI is InChI=1S/C25H29N3O2S2/c1-17-10-6-7-12-19(17)28-24(30)22-18-11-4-2-5-13-20(18)32-23(22)26-25(28)31-16-21(29)27-14-8-3-9-15-27/h6-7,10,12H,2-5,8-9,11,13-16H2,1H3. The smallest absolute Gasteiger partial charge is 0.267 e. The van der Waals surface area contributed by atoms with Crippen molar-refractivity contribution in [3.8, 4) is 5.69 Å². The van der Waals surface area contributed by atoms with Crippen LogP contribution in [0.3, 0.4) is 0 Å². The summed E-state index contributed by atoms with van der Waals surface area (Å²) in [7, 11) is 0. The van der Waals surface area contributed by atoms with Crippen molar-refractivity contribution in [2.24, 2.45) is 0 Å². The molecule has 0 radical (unpaired) electrons. The third-order valence-electron chi connectivity index (χ3n) is 6.60. The summed E-state index contributed by atoms with van der Waals surface area (Å²) >= 11 is 3.08. The number of likely N-dealkylation sites (tertiary alicyclic amines) is 1. The van der Waals surface area contributed by atoms with E-state index in [2.05, 4.69) is 0 Å². The minimum absolute atomic E-state index is 0.0108. The highest BCUT2D eigenvalue weighted by Gasteiger charge is 2.24. The first-order chi connectivity index (χ1) is 15.6. The first-order valence-electron chi connectivity index (χ1n) is 11.7. The van der Waals surface area contributed by atoms with Crippen molar-refractivity contribution in [3.05, 3.63) is 50.6 Å². The summed E-state index contributed by atoms with van der Waals surface area (Å²) in [5, 5.41) is 1.42. The Balaban J connectivity index is 1.59. The van der Waals surface area contributed by atoms with Crippen LogP contribution in [0.25, 0.3) is 15.9 Å². The molecule has 3 heterocycles. The van der Waals surface area contributed by atoms with E-state index in [0.717, 1.165) is 66.7 Å². The number of nitrogens with zero attached hydrogens (tertiary/aromatic N) is 3. The topological polar surface area (TPSA) is 55.2 Å². The van der Waals surface area contributed by atoms with Gasteiger partial charge in [-0.05, 0) is 69.1 Å². The van der Waals surface area contributed by atoms with Crippen molar-refractivity contribution >= 4 is 39.2 Å². The molecule has 2 aromatic heterocycles. The van der Waals surface area contributed by atoms with Crippen LogP contribution in [-0.4, -0.2) is 39.2 Å². The van der Waals surface area contributed by atoms with Gasteiger partial charge in [-0.15, -0.1) is 11.3 Å². The van der Waals surface area contributed by atoms with Gasteiger partial charge in [0.05, 0.1) is 16.8 Å². The van der Waals surface area contributed by atoms with Gasteiger partial charge in [0, 0.05) is 18.0 Å². The van der Waals surface area contributed by atoms with Gasteiger partial charge in [-0.1, -0.05) is 36.4 Å². The lowest BCUT2D eigenvalue weighted by Gasteiger charge is -2.26. The Morgan fingerprint density at radius 1 is 1.06 bits per heavy atom. The number of hydrogen-bond acceptors (Lipinski definition) is 5. The fraction of sp³-hybridized carbons (Fsp3) is 0.480. The molecule has 1 fully saturated rings. The van der Waals surface area contributed by atoms with Gasteiger partial charge in [-0.3, -0.25) is 14.2 Å². The molecule has 5 rings (SSSR count). The summed E-state index contributed by atoms with van der Waals surface area (Å²) in [5.41, 5.74) is 3.11. The summed E-state index contributed by atoms with van der Waals surface area (Å²) in [6, 6.07) is 7.94. The van der Waals surface area contributed by atoms with Crippen molar-refractivity contribution < 1.29 is 4.79 Å². The molecule has 3 aromatic rings. The largest absolute Gasteiger partial charge is 0.342 e. The van der Waals surface area contributed by atoms with Gasteiger partial charge < -0.3 is 4.90 Å². The summed E-state index contributed by atoms with van der Waals surface area (Å²) in [6.45, 7) is 3.70. The quantitative estimate of drug-likeness (QED) is 0.303. The lowest BCUT2D eigenvalue weighted by atomic mass is 10.1. The molecule has 0 unspecified atom stereocenters. The molecule has 1 aliphatic heterocycles. The van der Waals surface area contributed by atoms with Gasteiger partial charge >= 0.3 is 0 Å². The van der Waals surface area contributed by atoms with E-state index in [1.807, 2.05) is 36.1 Å². The SMILES string of the molecule is Cc1ccccc1-n1c(SCC(=O)N2CCCCC2)nc2sc3c(c2c1=O)CCCCC3. The number of carbonyl (C=O) groups excluding carboxylic acids is 1. The van der Waals surface area contributed by atoms with E-state index in [0.29, 0.717) is 10.9 Å². The molecule has 32 heavy (non-hydrogen) atoms. The summed E-state index contributed by atoms with van der Waals surface area (Å²) in [6.07, 6.45) is 8.88. The Hall–Kier alpha value is -2.12. The number of piperidine rings is 1. The van der Waals surface area contributed by atoms with Crippen LogP contribution in [0.15, 0.2) is 34.2 Å². The van der Waals surface area contributed by atoms with Crippen molar-refractivity contribution in [1.82, 2.24) is 14.5 Å². The van der Waals surface area contributed by atoms with Crippen LogP contribution in [0.5, 0.6) is 0 Å². The second-order valence-electron chi connectivity index (χ2n) is 8.80. The summed E-state index contributed by atoms with van der Waals surface area (Å²) < 4.78 is 1.75. The maximum atomic E-state index is 13.9. The predicted octanol–water partition coefficient (Wildman–Crippen LogP) is 5.13. The molecule has 1 amide bonds. The van der Waals surface area contributed by atoms with Gasteiger partial charge in [0.15, 0.2) is 5.16 Å². The fourth-order valence-corrected chi connectivity index (χ4v) is 7.06. The first-order valence-corrected chi connectivity index (χ1v) is 13.5. The monoisotopic (exact) mass is 467 g/mol. The van der Waals surface area contributed by atoms with Crippen LogP contribution >= 0.6 is 23.1 Å². The second-order valence-corrected chi connectivity index (χ2v) is 10.8. The zero-order chi connectivity index (χ0) is 22.1. The number of hydrogen-bond donors (Lipinski definition) is 0. The molecule has 168 valence electrons. The molecule has 0 bridgehead atoms. The Bertz CT molecular complexity index is 1210. The van der Waals surface area contributed by atoms with Crippen LogP contribution in [0.2, 0.25) is 0 Å². The number of para-hydroxylation sites is 1. The number of fused-ring (bicyclic) bond motifs is 3. The minimum atomic E-state index is 0.0108. The van der Waals surface area contributed by atoms with E-state index in [4.69, 9.17) is 4.98 Å². The molecular weight excluding hydrogens is 438 g/mol. The minimum Gasteiger partial charge on any atom is -0.342 e. The third kappa shape index (κ3) is 4.13. The number of thioether (sulfide) groups is 1. The van der Waals surface area contributed by atoms with Crippen molar-refractivity contribution in [1.29, 1.82) is 0 Å². The highest BCUT2D eigenvalue weighted by Crippen LogP contribution is 2.35. The molecule has 0 spiro atoms. The fourth-order valence-electron chi connectivity index (χ4n) is 4.85. The summed E-state index contributed by atoms with van der Waals surface area (Å²) in [5.74, 6) is 0.455. The van der Waals surface area contributed by atoms with E-state index >= 15 is 0 Å². The van der Waals surface area contributed by atoms with Crippen LogP contribution in [0.4, 0.5) is 0 Å². The molecule has 5 nitrogen and oxygen atoms in total. The third-order valence-corrected chi connectivity index (χ3v) is 8.71. The van der Waals surface area contributed by atoms with E-state index in [1.54, 1.807) is 15.9 Å². The predicted molar refractivity (Wildman–Crippen MR) is 132 cm³/mol. The molecule has 7 heteroatoms. The van der Waals surface area contributed by atoms with Gasteiger partial charge in [-0.2, -0.15) is 0 Å². The number of amides is 1. The van der Waals surface area contributed by atoms with E-state index < -0.39 is 0 Å². The zero-order valence-electron chi connectivity index (χ0n) is 18.6. The number of aryl methyl sites for hydroxylation is 3. The van der Waals surface area contributed by atoms with Crippen LogP contribution in [0.1, 0.15) is 54.5 Å². The molecular formula is C25H29N3O2S2. The van der Waals surface area contributed by atoms with Crippen molar-refractivity contribution in [2.45, 2.75) is 63.4 Å². The molecule has 0 N–H and O–H groups in total. The highest BCUT2D eigenvalue weighted by molar-refractivity contribution is 7.99. The Labute approximate surface area is 196 Å². The van der Waals surface area contributed by atoms with E-state index in [-0.39, 0.29) is 11.5 Å². The second kappa shape index (κ2) is 9.40. The Kier molecular flexibility index (Phi) is 6.37. The number of benzene rings is 1. The zero-order valence-corrected chi connectivity index (χ0v) is 20.2. The van der Waals surface area contributed by atoms with Crippen LogP contribution in [-0.2, 0) is 17.6 Å². The normalized spacial score (nSPS) is 16.7. The van der Waals surface area contributed by atoms with Gasteiger partial charge in [-0.25, -0.2) is 4.98 Å². The van der Waals surface area contributed by atoms with Crippen LogP contribution in [0, 0.1) is 6.92 Å². The van der Waals surface area contributed by atoms with Gasteiger partial charge in [0.1, 0.15) is 4.83 Å². The lowest BCUT2D eigenvalue weighted by Crippen LogP contribution is -2.36. The number of rotatable bonds is 4. The number of thiophene rings is 1. The molecule has 0 saturated carbocycles. The summed E-state index contributed by atoms with van der Waals surface area (Å²) in [4.78, 5) is 35.8. The molecule has 1 aromatic carbocycles. The average Bonchev–Trinajstić information content (AvgIpc) is 3.00. The van der Waals surface area contributed by atoms with Crippen LogP contribution < -0.4 is 5.56 Å².